The summed E-state index contributed by atoms with van der Waals surface area (Å²) in [5.74, 6) is 6.30. The Balaban J connectivity index is 2.11. The number of benzene rings is 1. The highest BCUT2D eigenvalue weighted by atomic mass is 32.2. The van der Waals surface area contributed by atoms with E-state index in [1.807, 2.05) is 38.1 Å². The quantitative estimate of drug-likeness (QED) is 0.264. The number of hydrazine groups is 1. The van der Waals surface area contributed by atoms with E-state index >= 15 is 0 Å². The average molecular weight is 291 g/mol. The van der Waals surface area contributed by atoms with E-state index in [0.29, 0.717) is 5.75 Å². The second-order valence-electron chi connectivity index (χ2n) is 4.51. The van der Waals surface area contributed by atoms with Gasteiger partial charge < -0.3 is 10.2 Å². The lowest BCUT2D eigenvalue weighted by Crippen LogP contribution is -2.30. The molecule has 1 aromatic carbocycles. The van der Waals surface area contributed by atoms with Gasteiger partial charge in [-0.25, -0.2) is 5.84 Å². The van der Waals surface area contributed by atoms with Gasteiger partial charge in [0.25, 0.3) is 0 Å². The number of hydrogen-bond donors (Lipinski definition) is 3. The van der Waals surface area contributed by atoms with Crippen LogP contribution in [0.4, 0.5) is 5.69 Å². The number of rotatable bonds is 4. The molecule has 5 N–H and O–H groups in total. The maximum Gasteiger partial charge on any atom is 0.301 e. The van der Waals surface area contributed by atoms with Crippen molar-refractivity contribution in [2.45, 2.75) is 24.5 Å². The molecule has 6 heteroatoms. The third kappa shape index (κ3) is 3.15. The minimum absolute atomic E-state index is 0.257. The minimum Gasteiger partial charge on any atom is -0.455 e. The van der Waals surface area contributed by atoms with E-state index in [-0.39, 0.29) is 5.76 Å². The highest BCUT2D eigenvalue weighted by Gasteiger charge is 2.14. The number of aryl methyl sites for hydroxylation is 2. The van der Waals surface area contributed by atoms with Gasteiger partial charge in [-0.1, -0.05) is 6.07 Å². The van der Waals surface area contributed by atoms with Gasteiger partial charge in [0, 0.05) is 16.1 Å². The maximum absolute atomic E-state index is 11.5. The SMILES string of the molecule is Cc1ccc(N)cc1SCc1cc(C)c(C(=O)NN)o1. The van der Waals surface area contributed by atoms with Gasteiger partial charge in [0.1, 0.15) is 5.76 Å². The molecule has 1 amide bonds. The zero-order chi connectivity index (χ0) is 14.7. The predicted octanol–water partition coefficient (Wildman–Crippen LogP) is 2.37. The average Bonchev–Trinajstić information content (AvgIpc) is 2.80. The number of nitrogens with two attached hydrogens (primary N) is 2. The molecule has 106 valence electrons. The third-order valence-corrected chi connectivity index (χ3v) is 4.07. The Labute approximate surface area is 121 Å². The summed E-state index contributed by atoms with van der Waals surface area (Å²) in [5, 5.41) is 0. The lowest BCUT2D eigenvalue weighted by atomic mass is 10.2. The van der Waals surface area contributed by atoms with E-state index in [1.165, 1.54) is 0 Å². The first-order valence-corrected chi connectivity index (χ1v) is 7.09. The van der Waals surface area contributed by atoms with Gasteiger partial charge in [0.15, 0.2) is 5.76 Å². The summed E-state index contributed by atoms with van der Waals surface area (Å²) in [6, 6.07) is 7.64. The molecule has 0 radical (unpaired) electrons. The van der Waals surface area contributed by atoms with Crippen molar-refractivity contribution in [1.29, 1.82) is 0 Å². The number of anilines is 1. The Bertz CT molecular complexity index is 637. The van der Waals surface area contributed by atoms with Gasteiger partial charge >= 0.3 is 5.91 Å². The smallest absolute Gasteiger partial charge is 0.301 e. The fraction of sp³-hybridized carbons (Fsp3) is 0.214. The molecule has 0 aliphatic heterocycles. The van der Waals surface area contributed by atoms with Gasteiger partial charge in [-0.15, -0.1) is 11.8 Å². The molecule has 5 nitrogen and oxygen atoms in total. The highest BCUT2D eigenvalue weighted by Crippen LogP contribution is 2.29. The van der Waals surface area contributed by atoms with Crippen LogP contribution in [-0.2, 0) is 5.75 Å². The molecule has 0 fully saturated rings. The van der Waals surface area contributed by atoms with Crippen LogP contribution in [0.15, 0.2) is 33.6 Å². The second kappa shape index (κ2) is 6.02. The standard InChI is InChI=1S/C14H17N3O2S/c1-8-3-4-10(15)6-12(8)20-7-11-5-9(2)13(19-11)14(18)17-16/h3-6H,7,15-16H2,1-2H3,(H,17,18). The molecule has 1 heterocycles. The molecule has 20 heavy (non-hydrogen) atoms. The van der Waals surface area contributed by atoms with E-state index in [2.05, 4.69) is 5.43 Å². The van der Waals surface area contributed by atoms with Gasteiger partial charge in [-0.05, 0) is 37.6 Å². The molecule has 0 spiro atoms. The van der Waals surface area contributed by atoms with E-state index in [0.717, 1.165) is 27.5 Å². The van der Waals surface area contributed by atoms with Crippen LogP contribution in [0, 0.1) is 13.8 Å². The maximum atomic E-state index is 11.5. The summed E-state index contributed by atoms with van der Waals surface area (Å²) in [4.78, 5) is 12.6. The molecule has 0 saturated carbocycles. The molecule has 0 bridgehead atoms. The lowest BCUT2D eigenvalue weighted by molar-refractivity contribution is 0.0923. The molecule has 0 unspecified atom stereocenters. The number of nitrogens with one attached hydrogen (secondary N) is 1. The van der Waals surface area contributed by atoms with Gasteiger partial charge in [-0.2, -0.15) is 0 Å². The number of hydrogen-bond acceptors (Lipinski definition) is 5. The van der Waals surface area contributed by atoms with Crippen molar-refractivity contribution in [3.63, 3.8) is 0 Å². The monoisotopic (exact) mass is 291 g/mol. The number of nitrogen functional groups attached to an aromatic ring is 2. The number of carbonyl (C=O) groups is 1. The first-order chi connectivity index (χ1) is 9.51. The Morgan fingerprint density at radius 2 is 2.05 bits per heavy atom. The van der Waals surface area contributed by atoms with E-state index in [9.17, 15) is 4.79 Å². The Morgan fingerprint density at radius 3 is 2.75 bits per heavy atom. The first kappa shape index (κ1) is 14.5. The van der Waals surface area contributed by atoms with Gasteiger partial charge in [0.05, 0.1) is 5.75 Å². The lowest BCUT2D eigenvalue weighted by Gasteiger charge is -2.05. The summed E-state index contributed by atoms with van der Waals surface area (Å²) in [7, 11) is 0. The Kier molecular flexibility index (Phi) is 4.36. The van der Waals surface area contributed by atoms with Crippen molar-refractivity contribution < 1.29 is 9.21 Å². The zero-order valence-electron chi connectivity index (χ0n) is 11.4. The number of thioether (sulfide) groups is 1. The number of carbonyl (C=O) groups excluding carboxylic acids is 1. The summed E-state index contributed by atoms with van der Waals surface area (Å²) < 4.78 is 5.51. The van der Waals surface area contributed by atoms with Crippen LogP contribution in [-0.4, -0.2) is 5.91 Å². The van der Waals surface area contributed by atoms with Crippen LogP contribution in [0.25, 0.3) is 0 Å². The molecule has 2 rings (SSSR count). The molecule has 1 aromatic heterocycles. The van der Waals surface area contributed by atoms with Crippen LogP contribution in [0.2, 0.25) is 0 Å². The van der Waals surface area contributed by atoms with Crippen LogP contribution < -0.4 is 17.0 Å². The van der Waals surface area contributed by atoms with Crippen molar-refractivity contribution in [3.05, 3.63) is 46.9 Å². The molecule has 2 aromatic rings. The molecular formula is C14H17N3O2S. The van der Waals surface area contributed by atoms with Crippen molar-refractivity contribution in [1.82, 2.24) is 5.43 Å². The van der Waals surface area contributed by atoms with Gasteiger partial charge in [-0.3, -0.25) is 10.2 Å². The highest BCUT2D eigenvalue weighted by molar-refractivity contribution is 7.98. The predicted molar refractivity (Wildman–Crippen MR) is 80.3 cm³/mol. The summed E-state index contributed by atoms with van der Waals surface area (Å²) >= 11 is 1.62. The van der Waals surface area contributed by atoms with E-state index in [1.54, 1.807) is 11.8 Å². The topological polar surface area (TPSA) is 94.3 Å². The van der Waals surface area contributed by atoms with E-state index < -0.39 is 5.91 Å². The minimum atomic E-state index is -0.418. The fourth-order valence-electron chi connectivity index (χ4n) is 1.83. The van der Waals surface area contributed by atoms with Crippen molar-refractivity contribution in [2.75, 3.05) is 5.73 Å². The molecule has 0 atom stereocenters. The molecule has 0 saturated heterocycles. The first-order valence-electron chi connectivity index (χ1n) is 6.10. The van der Waals surface area contributed by atoms with Crippen molar-refractivity contribution >= 4 is 23.4 Å². The van der Waals surface area contributed by atoms with Crippen LogP contribution in [0.5, 0.6) is 0 Å². The number of amides is 1. The molecule has 0 aliphatic rings. The molecular weight excluding hydrogens is 274 g/mol. The van der Waals surface area contributed by atoms with E-state index in [4.69, 9.17) is 16.0 Å². The van der Waals surface area contributed by atoms with Crippen molar-refractivity contribution in [2.24, 2.45) is 5.84 Å². The fourth-order valence-corrected chi connectivity index (χ4v) is 2.79. The molecule has 0 aliphatic carbocycles. The largest absolute Gasteiger partial charge is 0.455 e. The van der Waals surface area contributed by atoms with Crippen LogP contribution in [0.3, 0.4) is 0 Å². The normalized spacial score (nSPS) is 10.6. The zero-order valence-corrected chi connectivity index (χ0v) is 12.2. The summed E-state index contributed by atoms with van der Waals surface area (Å²) in [5.41, 5.74) is 10.5. The Hall–Kier alpha value is -1.92. The van der Waals surface area contributed by atoms with Crippen molar-refractivity contribution in [3.8, 4) is 0 Å². The number of furan rings is 1. The summed E-state index contributed by atoms with van der Waals surface area (Å²) in [6.45, 7) is 3.84. The van der Waals surface area contributed by atoms with Gasteiger partial charge in [0.2, 0.25) is 0 Å². The Morgan fingerprint density at radius 1 is 1.30 bits per heavy atom. The third-order valence-electron chi connectivity index (χ3n) is 2.89. The van der Waals surface area contributed by atoms with Crippen LogP contribution >= 0.6 is 11.8 Å². The van der Waals surface area contributed by atoms with Crippen LogP contribution in [0.1, 0.15) is 27.4 Å². The second-order valence-corrected chi connectivity index (χ2v) is 5.53. The summed E-state index contributed by atoms with van der Waals surface area (Å²) in [6.07, 6.45) is 0.